The molecule has 0 aromatic heterocycles. The van der Waals surface area contributed by atoms with Gasteiger partial charge in [-0.25, -0.2) is 0 Å². The van der Waals surface area contributed by atoms with Crippen molar-refractivity contribution < 1.29 is 31.0 Å². The van der Waals surface area contributed by atoms with E-state index in [0.717, 1.165) is 27.9 Å². The van der Waals surface area contributed by atoms with E-state index < -0.39 is 41.5 Å². The molecule has 0 aliphatic carbocycles. The smallest absolute Gasteiger partial charge is 0.296 e. The molecule has 4 rings (SSSR count). The van der Waals surface area contributed by atoms with Crippen molar-refractivity contribution in [2.75, 3.05) is 28.9 Å². The Morgan fingerprint density at radius 3 is 1.71 bits per heavy atom. The first-order valence-corrected chi connectivity index (χ1v) is 14.0. The molecule has 0 atom stereocenters. The first kappa shape index (κ1) is 27.0. The van der Waals surface area contributed by atoms with E-state index in [1.807, 2.05) is 51.2 Å². The van der Waals surface area contributed by atoms with Crippen molar-refractivity contribution in [3.05, 3.63) is 65.7 Å². The number of phenolic OH excluding ortho intramolecular Hbond substituents is 1. The second-order valence-corrected chi connectivity index (χ2v) is 11.5. The lowest BCUT2D eigenvalue weighted by Crippen LogP contribution is -2.11. The van der Waals surface area contributed by atoms with Crippen LogP contribution < -0.4 is 21.9 Å². The maximum absolute atomic E-state index is 11.9. The van der Waals surface area contributed by atoms with Crippen LogP contribution in [0.25, 0.3) is 21.9 Å². The number of rotatable bonds is 7. The molecule has 0 fully saturated rings. The lowest BCUT2D eigenvalue weighted by Gasteiger charge is -2.17. The Kier molecular flexibility index (Phi) is 6.88. The number of fused-ring (bicyclic) bond motifs is 1. The number of aromatic hydroxyl groups is 1. The zero-order chi connectivity index (χ0) is 28.0. The molecule has 200 valence electrons. The molecule has 4 aromatic carbocycles. The predicted molar refractivity (Wildman–Crippen MR) is 148 cm³/mol. The number of aryl methyl sites for hydroxylation is 2. The molecule has 0 heterocycles. The molecular formula is C25H26N4O7S2. The SMILES string of the molecule is CNc1ccc(-c2ccc(NNc3ccc4c(S(=O)(=O)O)cc(S(=O)(=O)O)c(N)c4c3O)c(C)c2)cc1C. The highest BCUT2D eigenvalue weighted by molar-refractivity contribution is 7.87. The van der Waals surface area contributed by atoms with Gasteiger partial charge in [-0.05, 0) is 72.5 Å². The van der Waals surface area contributed by atoms with Gasteiger partial charge in [-0.3, -0.25) is 14.5 Å². The molecule has 0 saturated heterocycles. The summed E-state index contributed by atoms with van der Waals surface area (Å²) in [6.07, 6.45) is 0. The molecule has 11 nitrogen and oxygen atoms in total. The highest BCUT2D eigenvalue weighted by Crippen LogP contribution is 2.42. The minimum Gasteiger partial charge on any atom is -0.505 e. The summed E-state index contributed by atoms with van der Waals surface area (Å²) >= 11 is 0. The van der Waals surface area contributed by atoms with E-state index in [2.05, 4.69) is 22.2 Å². The first-order valence-electron chi connectivity index (χ1n) is 11.2. The number of benzene rings is 4. The number of hydrogen-bond donors (Lipinski definition) is 7. The van der Waals surface area contributed by atoms with Crippen molar-refractivity contribution in [1.82, 2.24) is 0 Å². The van der Waals surface area contributed by atoms with E-state index in [1.165, 1.54) is 12.1 Å². The molecule has 0 amide bonds. The molecule has 4 aromatic rings. The van der Waals surface area contributed by atoms with Gasteiger partial charge >= 0.3 is 0 Å². The summed E-state index contributed by atoms with van der Waals surface area (Å²) in [5.41, 5.74) is 16.8. The van der Waals surface area contributed by atoms with Gasteiger partial charge in [0.25, 0.3) is 20.2 Å². The Labute approximate surface area is 219 Å². The highest BCUT2D eigenvalue weighted by Gasteiger charge is 2.26. The molecule has 0 spiro atoms. The van der Waals surface area contributed by atoms with E-state index in [4.69, 9.17) is 5.73 Å². The molecule has 0 saturated carbocycles. The van der Waals surface area contributed by atoms with Crippen molar-refractivity contribution in [2.45, 2.75) is 23.6 Å². The lowest BCUT2D eigenvalue weighted by atomic mass is 10.00. The minimum atomic E-state index is -4.98. The molecule has 0 aliphatic rings. The quantitative estimate of drug-likeness (QED) is 0.0737. The van der Waals surface area contributed by atoms with Crippen LogP contribution >= 0.6 is 0 Å². The molecule has 0 bridgehead atoms. The van der Waals surface area contributed by atoms with Crippen LogP contribution in [-0.4, -0.2) is 38.1 Å². The fourth-order valence-corrected chi connectivity index (χ4v) is 5.67. The number of nitrogen functional groups attached to an aromatic ring is 1. The van der Waals surface area contributed by atoms with Gasteiger partial charge in [0.05, 0.1) is 22.4 Å². The predicted octanol–water partition coefficient (Wildman–Crippen LogP) is 4.39. The molecule has 8 N–H and O–H groups in total. The van der Waals surface area contributed by atoms with Gasteiger partial charge in [0.15, 0.2) is 0 Å². The van der Waals surface area contributed by atoms with Gasteiger partial charge in [-0.1, -0.05) is 18.2 Å². The maximum atomic E-state index is 11.9. The second kappa shape index (κ2) is 9.68. The summed E-state index contributed by atoms with van der Waals surface area (Å²) in [6, 6.07) is 14.9. The summed E-state index contributed by atoms with van der Waals surface area (Å²) in [4.78, 5) is -1.81. The monoisotopic (exact) mass is 558 g/mol. The Morgan fingerprint density at radius 1 is 0.711 bits per heavy atom. The summed E-state index contributed by atoms with van der Waals surface area (Å²) in [5.74, 6) is -0.600. The van der Waals surface area contributed by atoms with Crippen molar-refractivity contribution >= 4 is 53.8 Å². The average molecular weight is 559 g/mol. The van der Waals surface area contributed by atoms with Gasteiger partial charge in [0.1, 0.15) is 15.5 Å². The summed E-state index contributed by atoms with van der Waals surface area (Å²) in [7, 11) is -8.05. The molecule has 0 aliphatic heterocycles. The van der Waals surface area contributed by atoms with Gasteiger partial charge in [0.2, 0.25) is 0 Å². The summed E-state index contributed by atoms with van der Waals surface area (Å²) < 4.78 is 66.5. The number of nitrogens with two attached hydrogens (primary N) is 1. The average Bonchev–Trinajstić information content (AvgIpc) is 2.82. The maximum Gasteiger partial charge on any atom is 0.296 e. The van der Waals surface area contributed by atoms with Gasteiger partial charge in [0, 0.05) is 18.1 Å². The number of hydrazine groups is 1. The van der Waals surface area contributed by atoms with Gasteiger partial charge in [-0.15, -0.1) is 0 Å². The van der Waals surface area contributed by atoms with Crippen LogP contribution in [0, 0.1) is 13.8 Å². The fourth-order valence-electron chi connectivity index (χ4n) is 4.24. The second-order valence-electron chi connectivity index (χ2n) is 8.68. The summed E-state index contributed by atoms with van der Waals surface area (Å²) in [6.45, 7) is 3.90. The number of anilines is 4. The van der Waals surface area contributed by atoms with Crippen molar-refractivity contribution in [2.24, 2.45) is 0 Å². The number of hydrogen-bond acceptors (Lipinski definition) is 9. The standard InChI is InChI=1S/C25H26N4O7S2/c1-13-10-15(4-7-18(13)27-3)16-5-8-19(14(2)11-16)28-29-20-9-6-17-21(37(31,32)33)12-22(38(34,35)36)24(26)23(17)25(20)30/h4-12,27-30H,26H2,1-3H3,(H,31,32,33)(H,34,35,36). The van der Waals surface area contributed by atoms with Crippen molar-refractivity contribution in [3.8, 4) is 16.9 Å². The third-order valence-electron chi connectivity index (χ3n) is 6.18. The molecule has 13 heteroatoms. The largest absolute Gasteiger partial charge is 0.505 e. The van der Waals surface area contributed by atoms with E-state index in [9.17, 15) is 31.0 Å². The van der Waals surface area contributed by atoms with Crippen molar-refractivity contribution in [1.29, 1.82) is 0 Å². The van der Waals surface area contributed by atoms with Gasteiger partial charge < -0.3 is 21.6 Å². The first-order chi connectivity index (χ1) is 17.7. The van der Waals surface area contributed by atoms with E-state index >= 15 is 0 Å². The Bertz CT molecular complexity index is 1800. The topological polar surface area (TPSA) is 191 Å². The van der Waals surface area contributed by atoms with Crippen LogP contribution in [0.15, 0.2) is 64.4 Å². The molecule has 0 unspecified atom stereocenters. The van der Waals surface area contributed by atoms with Crippen LogP contribution in [0.4, 0.5) is 22.7 Å². The van der Waals surface area contributed by atoms with Crippen LogP contribution in [-0.2, 0) is 20.2 Å². The normalized spacial score (nSPS) is 11.9. The molecule has 0 radical (unpaired) electrons. The van der Waals surface area contributed by atoms with E-state index in [0.29, 0.717) is 11.8 Å². The molecule has 38 heavy (non-hydrogen) atoms. The number of nitrogens with one attached hydrogen (secondary N) is 3. The van der Waals surface area contributed by atoms with Crippen LogP contribution in [0.3, 0.4) is 0 Å². The third kappa shape index (κ3) is 5.04. The van der Waals surface area contributed by atoms with Crippen molar-refractivity contribution in [3.63, 3.8) is 0 Å². The van der Waals surface area contributed by atoms with Gasteiger partial charge in [-0.2, -0.15) is 16.8 Å². The van der Waals surface area contributed by atoms with E-state index in [-0.39, 0.29) is 16.5 Å². The summed E-state index contributed by atoms with van der Waals surface area (Å²) in [5, 5.41) is 13.4. The van der Waals surface area contributed by atoms with Crippen LogP contribution in [0.5, 0.6) is 5.75 Å². The van der Waals surface area contributed by atoms with E-state index in [1.54, 1.807) is 0 Å². The Hall–Kier alpha value is -4.04. The zero-order valence-corrected chi connectivity index (χ0v) is 22.2. The Morgan fingerprint density at radius 2 is 1.21 bits per heavy atom. The number of phenols is 1. The fraction of sp³-hybridized carbons (Fsp3) is 0.120. The molecular weight excluding hydrogens is 532 g/mol. The lowest BCUT2D eigenvalue weighted by molar-refractivity contribution is 0.481. The van der Waals surface area contributed by atoms with Crippen LogP contribution in [0.1, 0.15) is 11.1 Å². The Balaban J connectivity index is 1.71. The minimum absolute atomic E-state index is 0.0275. The third-order valence-corrected chi connectivity index (χ3v) is 7.97. The van der Waals surface area contributed by atoms with Crippen LogP contribution in [0.2, 0.25) is 0 Å². The zero-order valence-electron chi connectivity index (χ0n) is 20.6. The highest BCUT2D eigenvalue weighted by atomic mass is 32.2.